The van der Waals surface area contributed by atoms with Crippen molar-refractivity contribution in [1.82, 2.24) is 0 Å². The van der Waals surface area contributed by atoms with Gasteiger partial charge in [-0.2, -0.15) is 0 Å². The molecule has 1 fully saturated rings. The molecule has 1 aromatic carbocycles. The van der Waals surface area contributed by atoms with Crippen molar-refractivity contribution in [1.29, 1.82) is 0 Å². The molecule has 2 N–H and O–H groups in total. The molecular formula is C25H33NO5S. The van der Waals surface area contributed by atoms with Crippen molar-refractivity contribution in [2.75, 3.05) is 19.0 Å². The van der Waals surface area contributed by atoms with Crippen LogP contribution in [0.2, 0.25) is 0 Å². The zero-order valence-electron chi connectivity index (χ0n) is 19.7. The predicted octanol–water partition coefficient (Wildman–Crippen LogP) is 5.99. The number of anilines is 1. The van der Waals surface area contributed by atoms with Crippen LogP contribution >= 0.6 is 11.3 Å². The summed E-state index contributed by atoms with van der Waals surface area (Å²) in [6.07, 6.45) is 3.43. The van der Waals surface area contributed by atoms with Gasteiger partial charge >= 0.3 is 11.9 Å². The molecule has 2 aromatic rings. The van der Waals surface area contributed by atoms with E-state index in [1.54, 1.807) is 0 Å². The smallest absolute Gasteiger partial charge is 0.351 e. The molecule has 0 aliphatic heterocycles. The number of carboxylic acid groups (broad SMARTS) is 1. The third kappa shape index (κ3) is 5.63. The maximum absolute atomic E-state index is 12.3. The van der Waals surface area contributed by atoms with Crippen molar-refractivity contribution in [3.63, 3.8) is 0 Å². The Labute approximate surface area is 193 Å². The molecule has 32 heavy (non-hydrogen) atoms. The highest BCUT2D eigenvalue weighted by Crippen LogP contribution is 2.47. The van der Waals surface area contributed by atoms with Crippen LogP contribution in [0.25, 0.3) is 10.4 Å². The predicted molar refractivity (Wildman–Crippen MR) is 128 cm³/mol. The summed E-state index contributed by atoms with van der Waals surface area (Å²) in [7, 11) is 1.30. The first kappa shape index (κ1) is 24.1. The van der Waals surface area contributed by atoms with Crippen LogP contribution in [-0.2, 0) is 9.53 Å². The second-order valence-electron chi connectivity index (χ2n) is 10.2. The van der Waals surface area contributed by atoms with Gasteiger partial charge in [0.1, 0.15) is 5.75 Å². The van der Waals surface area contributed by atoms with Crippen LogP contribution in [0.3, 0.4) is 0 Å². The molecule has 3 rings (SSSR count). The minimum absolute atomic E-state index is 0.272. The maximum Gasteiger partial charge on any atom is 0.351 e. The van der Waals surface area contributed by atoms with Gasteiger partial charge in [-0.05, 0) is 54.7 Å². The normalized spacial score (nSPS) is 17.6. The number of thiophene rings is 1. The largest absolute Gasteiger partial charge is 0.480 e. The zero-order valence-corrected chi connectivity index (χ0v) is 20.5. The molecule has 1 aromatic heterocycles. The van der Waals surface area contributed by atoms with Crippen LogP contribution in [0, 0.1) is 17.8 Å². The third-order valence-corrected chi connectivity index (χ3v) is 7.16. The molecule has 1 heterocycles. The fourth-order valence-corrected chi connectivity index (χ4v) is 6.41. The average molecular weight is 460 g/mol. The van der Waals surface area contributed by atoms with Crippen molar-refractivity contribution in [2.45, 2.75) is 59.9 Å². The first-order chi connectivity index (χ1) is 14.9. The van der Waals surface area contributed by atoms with E-state index in [1.165, 1.54) is 24.9 Å². The van der Waals surface area contributed by atoms with Crippen LogP contribution < -0.4 is 10.1 Å². The second kappa shape index (κ2) is 9.14. The summed E-state index contributed by atoms with van der Waals surface area (Å²) in [5.74, 6) is -1.36. The minimum atomic E-state index is -1.10. The topological polar surface area (TPSA) is 84.9 Å². The Bertz CT molecular complexity index is 992. The fourth-order valence-electron chi connectivity index (χ4n) is 5.24. The summed E-state index contributed by atoms with van der Waals surface area (Å²) in [4.78, 5) is 24.4. The lowest BCUT2D eigenvalue weighted by Crippen LogP contribution is -2.40. The number of benzene rings is 1. The van der Waals surface area contributed by atoms with Crippen molar-refractivity contribution in [3.05, 3.63) is 34.7 Å². The lowest BCUT2D eigenvalue weighted by atomic mass is 9.63. The van der Waals surface area contributed by atoms with E-state index in [4.69, 9.17) is 14.6 Å². The summed E-state index contributed by atoms with van der Waals surface area (Å²) in [5, 5.41) is 12.7. The van der Waals surface area contributed by atoms with Gasteiger partial charge in [0.15, 0.2) is 11.5 Å². The number of carboxylic acids is 1. The Hall–Kier alpha value is -2.54. The Balaban J connectivity index is 1.90. The van der Waals surface area contributed by atoms with Crippen molar-refractivity contribution in [3.8, 4) is 16.2 Å². The maximum atomic E-state index is 12.3. The van der Waals surface area contributed by atoms with Crippen LogP contribution in [0.1, 0.15) is 62.2 Å². The van der Waals surface area contributed by atoms with E-state index >= 15 is 0 Å². The zero-order chi connectivity index (χ0) is 23.7. The van der Waals surface area contributed by atoms with Gasteiger partial charge in [0.2, 0.25) is 0 Å². The molecule has 0 spiro atoms. The summed E-state index contributed by atoms with van der Waals surface area (Å²) >= 11 is 1.26. The van der Waals surface area contributed by atoms with Crippen LogP contribution in [0.4, 0.5) is 5.69 Å². The van der Waals surface area contributed by atoms with E-state index in [-0.39, 0.29) is 21.5 Å². The Morgan fingerprint density at radius 3 is 2.44 bits per heavy atom. The summed E-state index contributed by atoms with van der Waals surface area (Å²) in [6, 6.07) is 8.50. The number of esters is 1. The first-order valence-corrected chi connectivity index (χ1v) is 11.7. The second-order valence-corrected chi connectivity index (χ2v) is 11.2. The Kier molecular flexibility index (Phi) is 6.89. The van der Waals surface area contributed by atoms with Gasteiger partial charge in [0.05, 0.1) is 7.11 Å². The molecule has 1 aliphatic carbocycles. The number of aliphatic carboxylic acids is 1. The molecule has 0 bridgehead atoms. The third-order valence-electron chi connectivity index (χ3n) is 5.85. The number of methoxy groups -OCH3 is 1. The molecule has 1 aliphatic rings. The molecule has 0 saturated heterocycles. The molecule has 7 heteroatoms. The molecule has 6 nitrogen and oxygen atoms in total. The molecule has 0 atom stereocenters. The van der Waals surface area contributed by atoms with E-state index < -0.39 is 18.5 Å². The molecular weight excluding hydrogens is 426 g/mol. The van der Waals surface area contributed by atoms with E-state index in [1.807, 2.05) is 19.1 Å². The summed E-state index contributed by atoms with van der Waals surface area (Å²) in [6.45, 7) is 10.7. The molecule has 0 unspecified atom stereocenters. The van der Waals surface area contributed by atoms with E-state index in [2.05, 4.69) is 45.1 Å². The van der Waals surface area contributed by atoms with Crippen LogP contribution in [0.15, 0.2) is 24.3 Å². The van der Waals surface area contributed by atoms with Gasteiger partial charge in [-0.3, -0.25) is 0 Å². The number of nitrogens with one attached hydrogen (secondary N) is 1. The van der Waals surface area contributed by atoms with E-state index in [0.29, 0.717) is 6.04 Å². The highest BCUT2D eigenvalue weighted by Gasteiger charge is 2.38. The van der Waals surface area contributed by atoms with Crippen LogP contribution in [-0.4, -0.2) is 36.8 Å². The average Bonchev–Trinajstić information content (AvgIpc) is 2.99. The number of rotatable bonds is 7. The van der Waals surface area contributed by atoms with E-state index in [9.17, 15) is 9.59 Å². The van der Waals surface area contributed by atoms with Gasteiger partial charge in [-0.25, -0.2) is 9.59 Å². The number of hydrogen-bond donors (Lipinski definition) is 2. The number of ether oxygens (including phenoxy) is 2. The highest BCUT2D eigenvalue weighted by atomic mass is 32.1. The van der Waals surface area contributed by atoms with Crippen LogP contribution in [0.5, 0.6) is 5.75 Å². The monoisotopic (exact) mass is 459 g/mol. The van der Waals surface area contributed by atoms with Gasteiger partial charge in [-0.1, -0.05) is 39.8 Å². The fraction of sp³-hybridized carbons (Fsp3) is 0.520. The minimum Gasteiger partial charge on any atom is -0.480 e. The Morgan fingerprint density at radius 1 is 1.19 bits per heavy atom. The summed E-state index contributed by atoms with van der Waals surface area (Å²) < 4.78 is 10.3. The number of carbonyl (C=O) groups excluding carboxylic acids is 1. The molecule has 174 valence electrons. The lowest BCUT2D eigenvalue weighted by molar-refractivity contribution is -0.139. The van der Waals surface area contributed by atoms with Gasteiger partial charge in [-0.15, -0.1) is 11.3 Å². The van der Waals surface area contributed by atoms with Crippen molar-refractivity contribution < 1.29 is 24.2 Å². The Morgan fingerprint density at radius 2 is 1.84 bits per heavy atom. The highest BCUT2D eigenvalue weighted by molar-refractivity contribution is 7.18. The quantitative estimate of drug-likeness (QED) is 0.495. The number of carbonyl (C=O) groups is 2. The van der Waals surface area contributed by atoms with Gasteiger partial charge in [0.25, 0.3) is 0 Å². The standard InChI is InChI=1S/C25H33NO5S/c1-15-20(31-13-19(27)28)22(23(29)30-6)32-21(15)16-8-7-9-17(10-16)26-18-11-24(2,3)14-25(4,5)12-18/h7-10,18,26H,11-14H2,1-6H3,(H,27,28). The van der Waals surface area contributed by atoms with Gasteiger partial charge in [0, 0.05) is 22.2 Å². The molecule has 0 radical (unpaired) electrons. The molecule has 0 amide bonds. The SMILES string of the molecule is COC(=O)c1sc(-c2cccc(NC3CC(C)(C)CC(C)(C)C3)c2)c(C)c1OCC(=O)O. The lowest BCUT2D eigenvalue weighted by Gasteiger charge is -2.45. The molecule has 1 saturated carbocycles. The van der Waals surface area contributed by atoms with Crippen molar-refractivity contribution in [2.24, 2.45) is 10.8 Å². The summed E-state index contributed by atoms with van der Waals surface area (Å²) in [5.41, 5.74) is 3.28. The van der Waals surface area contributed by atoms with Crippen molar-refractivity contribution >= 4 is 29.0 Å². The van der Waals surface area contributed by atoms with E-state index in [0.717, 1.165) is 34.5 Å². The first-order valence-electron chi connectivity index (χ1n) is 10.8. The number of hydrogen-bond acceptors (Lipinski definition) is 6. The van der Waals surface area contributed by atoms with Gasteiger partial charge < -0.3 is 19.9 Å².